The molecule has 0 aliphatic carbocycles. The highest BCUT2D eigenvalue weighted by molar-refractivity contribution is 7.15. The highest BCUT2D eigenvalue weighted by Gasteiger charge is 2.11. The third kappa shape index (κ3) is 3.65. The average molecular weight is 400 g/mol. The molecule has 8 heteroatoms. The summed E-state index contributed by atoms with van der Waals surface area (Å²) in [4.78, 5) is 29.1. The van der Waals surface area contributed by atoms with Gasteiger partial charge in [0.25, 0.3) is 11.1 Å². The van der Waals surface area contributed by atoms with Gasteiger partial charge < -0.3 is 0 Å². The summed E-state index contributed by atoms with van der Waals surface area (Å²) in [5, 5.41) is 4.79. The molecule has 0 spiro atoms. The van der Waals surface area contributed by atoms with Crippen LogP contribution in [0.25, 0.3) is 11.0 Å². The average Bonchev–Trinajstić information content (AvgIpc) is 2.94. The molecule has 0 saturated carbocycles. The lowest BCUT2D eigenvalue weighted by Gasteiger charge is -2.00. The van der Waals surface area contributed by atoms with Crippen molar-refractivity contribution in [3.05, 3.63) is 101 Å². The molecule has 0 bridgehead atoms. The number of hydrogen-bond donors (Lipinski definition) is 0. The maximum absolute atomic E-state index is 13.0. The second-order valence-corrected chi connectivity index (χ2v) is 7.27. The smallest absolute Gasteiger partial charge is 0.266 e. The first-order valence-electron chi connectivity index (χ1n) is 7.94. The zero-order valence-corrected chi connectivity index (χ0v) is 15.3. The van der Waals surface area contributed by atoms with Crippen LogP contribution in [0.3, 0.4) is 0 Å². The first-order valence-corrected chi connectivity index (χ1v) is 9.13. The van der Waals surface area contributed by atoms with Crippen molar-refractivity contribution in [2.45, 2.75) is 6.42 Å². The van der Waals surface area contributed by atoms with Crippen molar-refractivity contribution in [3.8, 4) is 0 Å². The van der Waals surface area contributed by atoms with Gasteiger partial charge in [0.1, 0.15) is 11.5 Å². The van der Waals surface area contributed by atoms with Crippen LogP contribution in [0.2, 0.25) is 5.02 Å². The van der Waals surface area contributed by atoms with Crippen LogP contribution in [0.15, 0.2) is 58.1 Å². The molecule has 0 amide bonds. The molecule has 2 heterocycles. The second kappa shape index (κ2) is 7.02. The predicted molar refractivity (Wildman–Crippen MR) is 103 cm³/mol. The van der Waals surface area contributed by atoms with E-state index in [0.29, 0.717) is 15.1 Å². The van der Waals surface area contributed by atoms with E-state index in [1.54, 1.807) is 42.5 Å². The Hall–Kier alpha value is -2.90. The standard InChI is InChI=1S/C19H11ClFN3O2S/c20-13-5-1-11(2-6-13)9-15-17(25)22-19-24(23-15)18(26)16(27-19)10-12-3-7-14(21)8-4-12/h1-8,10H,9H2/b16-10+. The van der Waals surface area contributed by atoms with Crippen LogP contribution < -0.4 is 15.7 Å². The molecule has 0 fully saturated rings. The van der Waals surface area contributed by atoms with Gasteiger partial charge in [0, 0.05) is 11.4 Å². The van der Waals surface area contributed by atoms with Gasteiger partial charge in [-0.25, -0.2) is 4.39 Å². The molecule has 0 saturated heterocycles. The lowest BCUT2D eigenvalue weighted by molar-refractivity contribution is 0.628. The van der Waals surface area contributed by atoms with Gasteiger partial charge in [0.15, 0.2) is 0 Å². The number of halogens is 2. The first kappa shape index (κ1) is 17.5. The fourth-order valence-electron chi connectivity index (χ4n) is 2.56. The fourth-order valence-corrected chi connectivity index (χ4v) is 3.59. The monoisotopic (exact) mass is 399 g/mol. The second-order valence-electron chi connectivity index (χ2n) is 5.83. The Morgan fingerprint density at radius 2 is 1.78 bits per heavy atom. The number of thiazole rings is 1. The van der Waals surface area contributed by atoms with E-state index < -0.39 is 5.56 Å². The third-order valence-electron chi connectivity index (χ3n) is 3.90. The molecular weight excluding hydrogens is 389 g/mol. The number of nitrogens with zero attached hydrogens (tertiary/aromatic N) is 3. The zero-order chi connectivity index (χ0) is 19.0. The van der Waals surface area contributed by atoms with Crippen molar-refractivity contribution in [1.82, 2.24) is 14.6 Å². The van der Waals surface area contributed by atoms with Gasteiger partial charge >= 0.3 is 0 Å². The van der Waals surface area contributed by atoms with Crippen molar-refractivity contribution in [2.75, 3.05) is 0 Å². The Kier molecular flexibility index (Phi) is 4.55. The third-order valence-corrected chi connectivity index (χ3v) is 5.11. The summed E-state index contributed by atoms with van der Waals surface area (Å²) in [5.41, 5.74) is 0.845. The van der Waals surface area contributed by atoms with Gasteiger partial charge in [0.05, 0.1) is 4.53 Å². The lowest BCUT2D eigenvalue weighted by Crippen LogP contribution is -2.28. The van der Waals surface area contributed by atoms with E-state index in [4.69, 9.17) is 11.6 Å². The largest absolute Gasteiger partial charge is 0.296 e. The van der Waals surface area contributed by atoms with Crippen LogP contribution in [0, 0.1) is 5.82 Å². The zero-order valence-electron chi connectivity index (χ0n) is 13.7. The summed E-state index contributed by atoms with van der Waals surface area (Å²) >= 11 is 6.93. The van der Waals surface area contributed by atoms with Gasteiger partial charge in [-0.3, -0.25) is 9.59 Å². The van der Waals surface area contributed by atoms with Gasteiger partial charge in [-0.1, -0.05) is 47.2 Å². The van der Waals surface area contributed by atoms with Gasteiger partial charge in [-0.05, 0) is 41.5 Å². The number of fused-ring (bicyclic) bond motifs is 1. The quantitative estimate of drug-likeness (QED) is 0.531. The summed E-state index contributed by atoms with van der Waals surface area (Å²) in [7, 11) is 0. The molecule has 0 atom stereocenters. The van der Waals surface area contributed by atoms with Crippen molar-refractivity contribution >= 4 is 34.0 Å². The Morgan fingerprint density at radius 1 is 1.07 bits per heavy atom. The molecule has 0 aliphatic rings. The predicted octanol–water partition coefficient (Wildman–Crippen LogP) is 2.44. The van der Waals surface area contributed by atoms with Crippen LogP contribution in [-0.2, 0) is 6.42 Å². The highest BCUT2D eigenvalue weighted by Crippen LogP contribution is 2.11. The van der Waals surface area contributed by atoms with Crippen molar-refractivity contribution < 1.29 is 4.39 Å². The molecule has 2 aromatic carbocycles. The van der Waals surface area contributed by atoms with Crippen LogP contribution >= 0.6 is 22.9 Å². The molecule has 5 nitrogen and oxygen atoms in total. The lowest BCUT2D eigenvalue weighted by atomic mass is 10.1. The molecule has 0 radical (unpaired) electrons. The van der Waals surface area contributed by atoms with Crippen molar-refractivity contribution in [1.29, 1.82) is 0 Å². The fraction of sp³-hybridized carbons (Fsp3) is 0.0526. The number of rotatable bonds is 3. The SMILES string of the molecule is O=c1nc2s/c(=C/c3ccc(F)cc3)c(=O)n2nc1Cc1ccc(Cl)cc1. The Balaban J connectivity index is 1.79. The summed E-state index contributed by atoms with van der Waals surface area (Å²) in [6, 6.07) is 12.8. The van der Waals surface area contributed by atoms with Gasteiger partial charge in [-0.15, -0.1) is 0 Å². The van der Waals surface area contributed by atoms with E-state index in [1.165, 1.54) is 12.1 Å². The van der Waals surface area contributed by atoms with Crippen LogP contribution in [0.4, 0.5) is 4.39 Å². The molecule has 134 valence electrons. The number of benzene rings is 2. The van der Waals surface area contributed by atoms with Crippen molar-refractivity contribution in [3.63, 3.8) is 0 Å². The summed E-state index contributed by atoms with van der Waals surface area (Å²) in [6.45, 7) is 0. The van der Waals surface area contributed by atoms with Crippen LogP contribution in [-0.4, -0.2) is 14.6 Å². The van der Waals surface area contributed by atoms with Crippen LogP contribution in [0.1, 0.15) is 16.8 Å². The van der Waals surface area contributed by atoms with E-state index in [1.807, 2.05) is 0 Å². The van der Waals surface area contributed by atoms with Crippen LogP contribution in [0.5, 0.6) is 0 Å². The minimum Gasteiger partial charge on any atom is -0.266 e. The molecule has 0 N–H and O–H groups in total. The summed E-state index contributed by atoms with van der Waals surface area (Å²) in [5.74, 6) is -0.355. The Labute approximate surface area is 161 Å². The highest BCUT2D eigenvalue weighted by atomic mass is 35.5. The van der Waals surface area contributed by atoms with E-state index in [2.05, 4.69) is 10.1 Å². The van der Waals surface area contributed by atoms with E-state index >= 15 is 0 Å². The molecule has 0 aliphatic heterocycles. The molecule has 27 heavy (non-hydrogen) atoms. The number of aromatic nitrogens is 3. The maximum atomic E-state index is 13.0. The first-order chi connectivity index (χ1) is 13.0. The molecule has 0 unspecified atom stereocenters. The van der Waals surface area contributed by atoms with E-state index in [9.17, 15) is 14.0 Å². The van der Waals surface area contributed by atoms with Crippen molar-refractivity contribution in [2.24, 2.45) is 0 Å². The Morgan fingerprint density at radius 3 is 2.48 bits per heavy atom. The molecule has 4 aromatic rings. The normalized spacial score (nSPS) is 12.0. The molecule has 2 aromatic heterocycles. The maximum Gasteiger partial charge on any atom is 0.296 e. The molecule has 4 rings (SSSR count). The van der Waals surface area contributed by atoms with Gasteiger partial charge in [-0.2, -0.15) is 14.6 Å². The summed E-state index contributed by atoms with van der Waals surface area (Å²) in [6.07, 6.45) is 1.87. The minimum atomic E-state index is -0.473. The Bertz CT molecular complexity index is 1300. The topological polar surface area (TPSA) is 64.3 Å². The van der Waals surface area contributed by atoms with E-state index in [-0.39, 0.29) is 28.5 Å². The summed E-state index contributed by atoms with van der Waals surface area (Å²) < 4.78 is 14.5. The minimum absolute atomic E-state index is 0.179. The van der Waals surface area contributed by atoms with E-state index in [0.717, 1.165) is 21.4 Å². The molecular formula is C19H11ClFN3O2S. The van der Waals surface area contributed by atoms with Gasteiger partial charge in [0.2, 0.25) is 4.96 Å². The number of hydrogen-bond acceptors (Lipinski definition) is 5.